The Morgan fingerprint density at radius 2 is 2.17 bits per heavy atom. The molecule has 1 aromatic rings. The molecule has 0 unspecified atom stereocenters. The van der Waals surface area contributed by atoms with Gasteiger partial charge in [-0.3, -0.25) is 0 Å². The van der Waals surface area contributed by atoms with Crippen LogP contribution in [0.25, 0.3) is 0 Å². The second-order valence-corrected chi connectivity index (χ2v) is 4.28. The van der Waals surface area contributed by atoms with Gasteiger partial charge in [0.1, 0.15) is 6.61 Å². The van der Waals surface area contributed by atoms with Crippen LogP contribution in [0.1, 0.15) is 19.5 Å². The highest BCUT2D eigenvalue weighted by Gasteiger charge is 2.27. The summed E-state index contributed by atoms with van der Waals surface area (Å²) in [5.41, 5.74) is 0.930. The Balaban J connectivity index is 2.32. The van der Waals surface area contributed by atoms with Crippen LogP contribution in [0.3, 0.4) is 0 Å². The molecular weight excluding hydrogens is 247 g/mol. The molecule has 1 N–H and O–H groups in total. The molecule has 0 radical (unpaired) electrons. The number of nitrogens with one attached hydrogen (secondary N) is 1. The van der Waals surface area contributed by atoms with Gasteiger partial charge < -0.3 is 14.6 Å². The molecule has 0 atom stereocenters. The number of hydrogen-bond donors (Lipinski definition) is 1. The number of rotatable bonds is 7. The minimum absolute atomic E-state index is 0.0184. The summed E-state index contributed by atoms with van der Waals surface area (Å²) in [4.78, 5) is 3.97. The molecule has 1 rings (SSSR count). The maximum atomic E-state index is 11.9. The van der Waals surface area contributed by atoms with Crippen molar-refractivity contribution in [3.63, 3.8) is 0 Å². The lowest BCUT2D eigenvalue weighted by Crippen LogP contribution is -2.24. The number of halogens is 3. The summed E-state index contributed by atoms with van der Waals surface area (Å²) in [6, 6.07) is 0.342. The molecule has 0 saturated heterocycles. The highest BCUT2D eigenvalue weighted by atomic mass is 19.4. The molecule has 0 aliphatic rings. The Kier molecular flexibility index (Phi) is 5.61. The third kappa shape index (κ3) is 6.02. The Hall–Kier alpha value is -1.08. The summed E-state index contributed by atoms with van der Waals surface area (Å²) < 4.78 is 41.9. The van der Waals surface area contributed by atoms with Crippen molar-refractivity contribution >= 4 is 0 Å². The lowest BCUT2D eigenvalue weighted by atomic mass is 10.3. The van der Waals surface area contributed by atoms with Crippen LogP contribution in [-0.4, -0.2) is 35.0 Å². The summed E-state index contributed by atoms with van der Waals surface area (Å²) in [7, 11) is 0. The number of hydrogen-bond acceptors (Lipinski definition) is 3. The molecule has 0 bridgehead atoms. The standard InChI is InChI=1S/C11H18F3N3O/c1-9(2)16-6-10-5-15-8-17(10)3-4-18-7-11(12,13)14/h5,8-9,16H,3-4,6-7H2,1-2H3. The predicted molar refractivity (Wildman–Crippen MR) is 61.1 cm³/mol. The molecule has 1 heterocycles. The largest absolute Gasteiger partial charge is 0.411 e. The van der Waals surface area contributed by atoms with Gasteiger partial charge in [0.15, 0.2) is 0 Å². The van der Waals surface area contributed by atoms with Crippen LogP contribution in [0.4, 0.5) is 13.2 Å². The van der Waals surface area contributed by atoms with Crippen molar-refractivity contribution < 1.29 is 17.9 Å². The molecule has 0 aliphatic carbocycles. The summed E-state index contributed by atoms with van der Waals surface area (Å²) in [6.45, 7) is 3.86. The Labute approximate surface area is 104 Å². The first kappa shape index (κ1) is 15.0. The maximum Gasteiger partial charge on any atom is 0.411 e. The number of imidazole rings is 1. The van der Waals surface area contributed by atoms with E-state index in [1.54, 1.807) is 17.1 Å². The Bertz CT molecular complexity index is 350. The number of nitrogens with zero attached hydrogens (tertiary/aromatic N) is 2. The fraction of sp³-hybridized carbons (Fsp3) is 0.727. The van der Waals surface area contributed by atoms with Crippen molar-refractivity contribution in [1.29, 1.82) is 0 Å². The maximum absolute atomic E-state index is 11.9. The first-order chi connectivity index (χ1) is 8.38. The lowest BCUT2D eigenvalue weighted by Gasteiger charge is -2.12. The van der Waals surface area contributed by atoms with Gasteiger partial charge in [-0.1, -0.05) is 13.8 Å². The van der Waals surface area contributed by atoms with Crippen LogP contribution in [-0.2, 0) is 17.8 Å². The summed E-state index contributed by atoms with van der Waals surface area (Å²) in [5, 5.41) is 3.22. The fourth-order valence-corrected chi connectivity index (χ4v) is 1.36. The molecule has 0 aromatic carbocycles. The van der Waals surface area contributed by atoms with Crippen molar-refractivity contribution in [2.45, 2.75) is 39.2 Å². The van der Waals surface area contributed by atoms with Crippen molar-refractivity contribution in [3.8, 4) is 0 Å². The van der Waals surface area contributed by atoms with Crippen LogP contribution in [0.15, 0.2) is 12.5 Å². The van der Waals surface area contributed by atoms with Gasteiger partial charge in [0.05, 0.1) is 18.6 Å². The average molecular weight is 265 g/mol. The zero-order valence-electron chi connectivity index (χ0n) is 10.5. The summed E-state index contributed by atoms with van der Waals surface area (Å²) in [5.74, 6) is 0. The normalized spacial score (nSPS) is 12.3. The average Bonchev–Trinajstić information content (AvgIpc) is 2.67. The molecule has 0 aliphatic heterocycles. The van der Waals surface area contributed by atoms with Gasteiger partial charge in [-0.05, 0) is 0 Å². The van der Waals surface area contributed by atoms with Crippen LogP contribution < -0.4 is 5.32 Å². The van der Waals surface area contributed by atoms with Crippen LogP contribution in [0, 0.1) is 0 Å². The van der Waals surface area contributed by atoms with Gasteiger partial charge in [0, 0.05) is 25.3 Å². The Morgan fingerprint density at radius 3 is 2.78 bits per heavy atom. The number of alkyl halides is 3. The van der Waals surface area contributed by atoms with Gasteiger partial charge in [-0.15, -0.1) is 0 Å². The SMILES string of the molecule is CC(C)NCc1cncn1CCOCC(F)(F)F. The highest BCUT2D eigenvalue weighted by Crippen LogP contribution is 2.14. The molecule has 0 fully saturated rings. The van der Waals surface area contributed by atoms with E-state index in [9.17, 15) is 13.2 Å². The van der Waals surface area contributed by atoms with Gasteiger partial charge >= 0.3 is 6.18 Å². The molecule has 104 valence electrons. The fourth-order valence-electron chi connectivity index (χ4n) is 1.36. The quantitative estimate of drug-likeness (QED) is 0.766. The van der Waals surface area contributed by atoms with E-state index in [4.69, 9.17) is 0 Å². The number of aromatic nitrogens is 2. The van der Waals surface area contributed by atoms with Crippen molar-refractivity contribution in [2.24, 2.45) is 0 Å². The Morgan fingerprint density at radius 1 is 1.44 bits per heavy atom. The van der Waals surface area contributed by atoms with Gasteiger partial charge in [0.2, 0.25) is 0 Å². The highest BCUT2D eigenvalue weighted by molar-refractivity contribution is 4.98. The van der Waals surface area contributed by atoms with Crippen molar-refractivity contribution in [1.82, 2.24) is 14.9 Å². The second kappa shape index (κ2) is 6.75. The molecule has 18 heavy (non-hydrogen) atoms. The summed E-state index contributed by atoms with van der Waals surface area (Å²) >= 11 is 0. The molecule has 7 heteroatoms. The molecule has 0 amide bonds. The minimum Gasteiger partial charge on any atom is -0.370 e. The first-order valence-corrected chi connectivity index (χ1v) is 5.75. The molecule has 1 aromatic heterocycles. The van der Waals surface area contributed by atoms with E-state index in [2.05, 4.69) is 15.0 Å². The molecule has 0 saturated carbocycles. The van der Waals surface area contributed by atoms with E-state index in [0.29, 0.717) is 19.1 Å². The molecule has 4 nitrogen and oxygen atoms in total. The van der Waals surface area contributed by atoms with Gasteiger partial charge in [-0.2, -0.15) is 13.2 Å². The topological polar surface area (TPSA) is 39.1 Å². The second-order valence-electron chi connectivity index (χ2n) is 4.28. The van der Waals surface area contributed by atoms with Crippen LogP contribution in [0.2, 0.25) is 0 Å². The van der Waals surface area contributed by atoms with Crippen LogP contribution in [0.5, 0.6) is 0 Å². The van der Waals surface area contributed by atoms with E-state index in [1.165, 1.54) is 0 Å². The third-order valence-corrected chi connectivity index (χ3v) is 2.23. The van der Waals surface area contributed by atoms with Gasteiger partial charge in [-0.25, -0.2) is 4.98 Å². The van der Waals surface area contributed by atoms with Crippen LogP contribution >= 0.6 is 0 Å². The molecular formula is C11H18F3N3O. The first-order valence-electron chi connectivity index (χ1n) is 5.75. The lowest BCUT2D eigenvalue weighted by molar-refractivity contribution is -0.174. The van der Waals surface area contributed by atoms with Crippen molar-refractivity contribution in [3.05, 3.63) is 18.2 Å². The summed E-state index contributed by atoms with van der Waals surface area (Å²) in [6.07, 6.45) is -0.982. The number of ether oxygens (including phenoxy) is 1. The van der Waals surface area contributed by atoms with E-state index < -0.39 is 12.8 Å². The van der Waals surface area contributed by atoms with E-state index in [-0.39, 0.29) is 6.61 Å². The van der Waals surface area contributed by atoms with Crippen molar-refractivity contribution in [2.75, 3.05) is 13.2 Å². The smallest absolute Gasteiger partial charge is 0.370 e. The zero-order valence-corrected chi connectivity index (χ0v) is 10.5. The predicted octanol–water partition coefficient (Wildman–Crippen LogP) is 1.96. The zero-order chi connectivity index (χ0) is 13.6. The monoisotopic (exact) mass is 265 g/mol. The van der Waals surface area contributed by atoms with Gasteiger partial charge in [0.25, 0.3) is 0 Å². The van der Waals surface area contributed by atoms with E-state index in [1.807, 2.05) is 13.8 Å². The van der Waals surface area contributed by atoms with E-state index in [0.717, 1.165) is 5.69 Å². The third-order valence-electron chi connectivity index (χ3n) is 2.23. The van der Waals surface area contributed by atoms with E-state index >= 15 is 0 Å². The molecule has 0 spiro atoms. The minimum atomic E-state index is -4.27.